The van der Waals surface area contributed by atoms with Gasteiger partial charge in [0.25, 0.3) is 0 Å². The van der Waals surface area contributed by atoms with E-state index < -0.39 is 0 Å². The van der Waals surface area contributed by atoms with Gasteiger partial charge < -0.3 is 4.74 Å². The van der Waals surface area contributed by atoms with Gasteiger partial charge in [0.2, 0.25) is 0 Å². The van der Waals surface area contributed by atoms with Crippen LogP contribution in [0, 0.1) is 11.8 Å². The molecule has 0 radical (unpaired) electrons. The second-order valence-corrected chi connectivity index (χ2v) is 4.20. The van der Waals surface area contributed by atoms with Gasteiger partial charge in [0.15, 0.2) is 0 Å². The molecule has 82 valence electrons. The van der Waals surface area contributed by atoms with Crippen LogP contribution in [0.3, 0.4) is 0 Å². The summed E-state index contributed by atoms with van der Waals surface area (Å²) in [7, 11) is 1.69. The summed E-state index contributed by atoms with van der Waals surface area (Å²) in [6, 6.07) is 8.26. The molecule has 0 saturated heterocycles. The van der Waals surface area contributed by atoms with Crippen LogP contribution in [0.25, 0.3) is 0 Å². The van der Waals surface area contributed by atoms with Crippen molar-refractivity contribution in [3.63, 3.8) is 0 Å². The minimum absolute atomic E-state index is 0.554. The van der Waals surface area contributed by atoms with Crippen molar-refractivity contribution in [1.29, 1.82) is 0 Å². The molecule has 0 fully saturated rings. The van der Waals surface area contributed by atoms with Crippen LogP contribution in [0.2, 0.25) is 0 Å². The zero-order valence-corrected chi connectivity index (χ0v) is 9.86. The Labute approximate surface area is 92.8 Å². The molecule has 0 spiro atoms. The van der Waals surface area contributed by atoms with Gasteiger partial charge in [0.1, 0.15) is 5.75 Å². The summed E-state index contributed by atoms with van der Waals surface area (Å²) in [5, 5.41) is 0. The van der Waals surface area contributed by atoms with E-state index in [-0.39, 0.29) is 0 Å². The van der Waals surface area contributed by atoms with Crippen molar-refractivity contribution >= 4 is 0 Å². The van der Waals surface area contributed by atoms with Crippen molar-refractivity contribution in [2.45, 2.75) is 20.3 Å². The molecule has 0 heterocycles. The summed E-state index contributed by atoms with van der Waals surface area (Å²) in [6.45, 7) is 8.35. The normalized spacial score (nSPS) is 12.5. The summed E-state index contributed by atoms with van der Waals surface area (Å²) >= 11 is 0. The molecule has 0 saturated carbocycles. The third kappa shape index (κ3) is 3.43. The fourth-order valence-electron chi connectivity index (χ4n) is 1.62. The Morgan fingerprint density at radius 1 is 1.27 bits per heavy atom. The molecule has 0 bridgehead atoms. The summed E-state index contributed by atoms with van der Waals surface area (Å²) in [4.78, 5) is 0. The number of hydrogen-bond acceptors (Lipinski definition) is 1. The summed E-state index contributed by atoms with van der Waals surface area (Å²) in [5.74, 6) is 2.11. The Morgan fingerprint density at radius 3 is 2.27 bits per heavy atom. The van der Waals surface area contributed by atoms with E-state index in [0.29, 0.717) is 11.8 Å². The van der Waals surface area contributed by atoms with Gasteiger partial charge in [-0.05, 0) is 36.0 Å². The molecule has 1 aromatic rings. The van der Waals surface area contributed by atoms with Crippen LogP contribution in [-0.2, 0) is 6.42 Å². The van der Waals surface area contributed by atoms with Crippen molar-refractivity contribution in [1.82, 2.24) is 0 Å². The maximum absolute atomic E-state index is 5.13. The highest BCUT2D eigenvalue weighted by Crippen LogP contribution is 2.20. The molecule has 0 amide bonds. The van der Waals surface area contributed by atoms with E-state index in [2.05, 4.69) is 38.6 Å². The quantitative estimate of drug-likeness (QED) is 0.664. The first kappa shape index (κ1) is 11.8. The van der Waals surface area contributed by atoms with Crippen LogP contribution in [-0.4, -0.2) is 7.11 Å². The van der Waals surface area contributed by atoms with Crippen molar-refractivity contribution < 1.29 is 4.74 Å². The smallest absolute Gasteiger partial charge is 0.118 e. The maximum atomic E-state index is 5.13. The average molecular weight is 204 g/mol. The second-order valence-electron chi connectivity index (χ2n) is 4.20. The third-order valence-electron chi connectivity index (χ3n) is 2.79. The highest BCUT2D eigenvalue weighted by atomic mass is 16.5. The minimum Gasteiger partial charge on any atom is -0.497 e. The molecule has 1 atom stereocenters. The summed E-state index contributed by atoms with van der Waals surface area (Å²) in [6.07, 6.45) is 3.11. The molecular weight excluding hydrogens is 184 g/mol. The topological polar surface area (TPSA) is 9.23 Å². The second kappa shape index (κ2) is 5.59. The fraction of sp³-hybridized carbons (Fsp3) is 0.429. The van der Waals surface area contributed by atoms with Crippen LogP contribution < -0.4 is 4.74 Å². The molecule has 0 aliphatic carbocycles. The van der Waals surface area contributed by atoms with Gasteiger partial charge >= 0.3 is 0 Å². The Balaban J connectivity index is 2.67. The van der Waals surface area contributed by atoms with E-state index in [1.54, 1.807) is 7.11 Å². The lowest BCUT2D eigenvalue weighted by molar-refractivity contribution is 0.414. The average Bonchev–Trinajstić information content (AvgIpc) is 2.26. The van der Waals surface area contributed by atoms with E-state index >= 15 is 0 Å². The van der Waals surface area contributed by atoms with Crippen LogP contribution in [0.5, 0.6) is 5.75 Å². The van der Waals surface area contributed by atoms with Crippen LogP contribution in [0.4, 0.5) is 0 Å². The number of ether oxygens (including phenoxy) is 1. The summed E-state index contributed by atoms with van der Waals surface area (Å²) in [5.41, 5.74) is 1.34. The van der Waals surface area contributed by atoms with Gasteiger partial charge in [-0.25, -0.2) is 0 Å². The monoisotopic (exact) mass is 204 g/mol. The molecule has 0 aliphatic heterocycles. The zero-order chi connectivity index (χ0) is 11.3. The maximum Gasteiger partial charge on any atom is 0.118 e. The molecule has 0 aromatic heterocycles. The molecule has 1 heteroatoms. The van der Waals surface area contributed by atoms with Gasteiger partial charge in [-0.3, -0.25) is 0 Å². The van der Waals surface area contributed by atoms with Gasteiger partial charge in [0, 0.05) is 0 Å². The predicted molar refractivity (Wildman–Crippen MR) is 65.2 cm³/mol. The first-order chi connectivity index (χ1) is 7.17. The summed E-state index contributed by atoms with van der Waals surface area (Å²) < 4.78 is 5.13. The van der Waals surface area contributed by atoms with Gasteiger partial charge in [0.05, 0.1) is 7.11 Å². The molecule has 0 aliphatic rings. The SMILES string of the molecule is C=C[C@H](Cc1ccc(OC)cc1)C(C)C. The molecule has 0 N–H and O–H groups in total. The van der Waals surface area contributed by atoms with Gasteiger partial charge in [-0.2, -0.15) is 0 Å². The van der Waals surface area contributed by atoms with E-state index in [4.69, 9.17) is 4.74 Å². The largest absolute Gasteiger partial charge is 0.497 e. The Hall–Kier alpha value is -1.24. The Morgan fingerprint density at radius 2 is 1.87 bits per heavy atom. The molecule has 0 unspecified atom stereocenters. The van der Waals surface area contributed by atoms with Crippen molar-refractivity contribution in [3.05, 3.63) is 42.5 Å². The van der Waals surface area contributed by atoms with Crippen molar-refractivity contribution in [2.75, 3.05) is 7.11 Å². The van der Waals surface area contributed by atoms with Crippen LogP contribution in [0.1, 0.15) is 19.4 Å². The van der Waals surface area contributed by atoms with Crippen molar-refractivity contribution in [3.8, 4) is 5.75 Å². The third-order valence-corrected chi connectivity index (χ3v) is 2.79. The van der Waals surface area contributed by atoms with Crippen molar-refractivity contribution in [2.24, 2.45) is 11.8 Å². The van der Waals surface area contributed by atoms with Gasteiger partial charge in [-0.15, -0.1) is 6.58 Å². The predicted octanol–water partition coefficient (Wildman–Crippen LogP) is 3.70. The molecule has 1 aromatic carbocycles. The molecular formula is C14H20O. The van der Waals surface area contributed by atoms with Crippen LogP contribution in [0.15, 0.2) is 36.9 Å². The first-order valence-electron chi connectivity index (χ1n) is 5.43. The number of allylic oxidation sites excluding steroid dienone is 1. The van der Waals surface area contributed by atoms with Gasteiger partial charge in [-0.1, -0.05) is 32.1 Å². The number of rotatable bonds is 5. The van der Waals surface area contributed by atoms with E-state index in [1.807, 2.05) is 12.1 Å². The van der Waals surface area contributed by atoms with E-state index in [1.165, 1.54) is 5.56 Å². The zero-order valence-electron chi connectivity index (χ0n) is 9.86. The lowest BCUT2D eigenvalue weighted by Crippen LogP contribution is -2.08. The standard InChI is InChI=1S/C14H20O/c1-5-13(11(2)3)10-12-6-8-14(15-4)9-7-12/h5-9,11,13H,1,10H2,2-4H3/t13-/m1/s1. The fourth-order valence-corrected chi connectivity index (χ4v) is 1.62. The molecule has 1 rings (SSSR count). The number of benzene rings is 1. The number of hydrogen-bond donors (Lipinski definition) is 0. The minimum atomic E-state index is 0.554. The lowest BCUT2D eigenvalue weighted by Gasteiger charge is -2.16. The highest BCUT2D eigenvalue weighted by molar-refractivity contribution is 5.27. The number of methoxy groups -OCH3 is 1. The lowest BCUT2D eigenvalue weighted by atomic mass is 9.89. The molecule has 15 heavy (non-hydrogen) atoms. The van der Waals surface area contributed by atoms with E-state index in [9.17, 15) is 0 Å². The highest BCUT2D eigenvalue weighted by Gasteiger charge is 2.09. The van der Waals surface area contributed by atoms with Crippen LogP contribution >= 0.6 is 0 Å². The Kier molecular flexibility index (Phi) is 4.41. The molecule has 1 nitrogen and oxygen atoms in total. The first-order valence-corrected chi connectivity index (χ1v) is 5.43. The van der Waals surface area contributed by atoms with E-state index in [0.717, 1.165) is 12.2 Å². The Bertz CT molecular complexity index is 298.